The number of halogens is 6. The Balaban J connectivity index is 3.51. The second-order valence-corrected chi connectivity index (χ2v) is 8.93. The molecule has 33 heavy (non-hydrogen) atoms. The van der Waals surface area contributed by atoms with Crippen LogP contribution in [0.25, 0.3) is 0 Å². The molecular weight excluding hydrogens is 442 g/mol. The van der Waals surface area contributed by atoms with E-state index in [1.54, 1.807) is 25.2 Å². The Bertz CT molecular complexity index is 910. The van der Waals surface area contributed by atoms with Crippen LogP contribution in [0.15, 0.2) is 58.8 Å². The Morgan fingerprint density at radius 3 is 2.15 bits per heavy atom. The number of nitrogens with zero attached hydrogens (tertiary/aromatic N) is 1. The summed E-state index contributed by atoms with van der Waals surface area (Å²) in [7, 11) is 0. The van der Waals surface area contributed by atoms with Crippen molar-refractivity contribution >= 4 is 5.71 Å². The van der Waals surface area contributed by atoms with Gasteiger partial charge in [0.2, 0.25) is 0 Å². The third-order valence-electron chi connectivity index (χ3n) is 4.54. The molecule has 0 amide bonds. The summed E-state index contributed by atoms with van der Waals surface area (Å²) >= 11 is 0. The smallest absolute Gasteiger partial charge is 0.388 e. The highest BCUT2D eigenvalue weighted by atomic mass is 19.4. The topological polar surface area (TPSA) is 24.4 Å². The normalized spacial score (nSPS) is 14.8. The summed E-state index contributed by atoms with van der Waals surface area (Å²) in [6, 6.07) is 1.65. The molecule has 0 unspecified atom stereocenters. The van der Waals surface area contributed by atoms with Crippen molar-refractivity contribution in [1.29, 1.82) is 0 Å². The maximum atomic E-state index is 13.7. The zero-order valence-electron chi connectivity index (χ0n) is 19.9. The van der Waals surface area contributed by atoms with E-state index in [1.807, 2.05) is 19.9 Å². The van der Waals surface area contributed by atoms with Gasteiger partial charge in [0.25, 0.3) is 0 Å². The van der Waals surface area contributed by atoms with E-state index in [1.165, 1.54) is 0 Å². The van der Waals surface area contributed by atoms with Crippen LogP contribution in [-0.4, -0.2) is 18.8 Å². The molecule has 0 aliphatic rings. The molecule has 0 saturated heterocycles. The minimum atomic E-state index is -4.98. The first-order valence-corrected chi connectivity index (χ1v) is 10.6. The molecular formula is C25H32F6N2. The van der Waals surface area contributed by atoms with Crippen molar-refractivity contribution in [2.75, 3.05) is 13.1 Å². The quantitative estimate of drug-likeness (QED) is 0.231. The maximum Gasteiger partial charge on any atom is 0.417 e. The van der Waals surface area contributed by atoms with Crippen molar-refractivity contribution in [3.63, 3.8) is 0 Å². The van der Waals surface area contributed by atoms with E-state index in [9.17, 15) is 26.3 Å². The van der Waals surface area contributed by atoms with Gasteiger partial charge in [-0.2, -0.15) is 26.3 Å². The zero-order chi connectivity index (χ0) is 25.4. The van der Waals surface area contributed by atoms with Crippen molar-refractivity contribution in [2.45, 2.75) is 60.3 Å². The summed E-state index contributed by atoms with van der Waals surface area (Å²) in [4.78, 5) is 4.34. The van der Waals surface area contributed by atoms with Gasteiger partial charge in [-0.25, -0.2) is 0 Å². The first-order chi connectivity index (χ1) is 15.1. The van der Waals surface area contributed by atoms with Gasteiger partial charge < -0.3 is 5.32 Å². The molecule has 0 saturated carbocycles. The molecule has 0 fully saturated rings. The van der Waals surface area contributed by atoms with Crippen molar-refractivity contribution in [3.8, 4) is 0 Å². The molecule has 0 bridgehead atoms. The predicted octanol–water partition coefficient (Wildman–Crippen LogP) is 7.97. The van der Waals surface area contributed by atoms with Gasteiger partial charge in [0.15, 0.2) is 0 Å². The van der Waals surface area contributed by atoms with Gasteiger partial charge in [0.1, 0.15) is 0 Å². The van der Waals surface area contributed by atoms with E-state index >= 15 is 0 Å². The van der Waals surface area contributed by atoms with Crippen LogP contribution in [0, 0.1) is 5.41 Å². The number of allylic oxidation sites excluding steroid dienone is 5. The van der Waals surface area contributed by atoms with Gasteiger partial charge >= 0.3 is 12.4 Å². The highest BCUT2D eigenvalue weighted by Gasteiger charge is 2.39. The van der Waals surface area contributed by atoms with E-state index in [0.717, 1.165) is 18.2 Å². The summed E-state index contributed by atoms with van der Waals surface area (Å²) in [6.45, 7) is 12.3. The van der Waals surface area contributed by atoms with Gasteiger partial charge in [0, 0.05) is 17.8 Å². The van der Waals surface area contributed by atoms with Crippen LogP contribution in [0.2, 0.25) is 0 Å². The van der Waals surface area contributed by atoms with Crippen molar-refractivity contribution in [3.05, 3.63) is 70.5 Å². The minimum absolute atomic E-state index is 0.00308. The number of hydrogen-bond donors (Lipinski definition) is 1. The van der Waals surface area contributed by atoms with E-state index in [4.69, 9.17) is 0 Å². The molecule has 1 N–H and O–H groups in total. The molecule has 1 aromatic carbocycles. The summed E-state index contributed by atoms with van der Waals surface area (Å²) in [5.41, 5.74) is -1.85. The highest BCUT2D eigenvalue weighted by molar-refractivity contribution is 6.13. The molecule has 2 nitrogen and oxygen atoms in total. The Morgan fingerprint density at radius 1 is 1.00 bits per heavy atom. The van der Waals surface area contributed by atoms with Gasteiger partial charge in [-0.05, 0) is 49.5 Å². The molecule has 0 heterocycles. The molecule has 0 aliphatic heterocycles. The number of alkyl halides is 6. The lowest BCUT2D eigenvalue weighted by Gasteiger charge is -2.20. The lowest BCUT2D eigenvalue weighted by Crippen LogP contribution is -2.25. The van der Waals surface area contributed by atoms with Crippen LogP contribution < -0.4 is 5.32 Å². The standard InChI is InChI=1S/C25H32F6N2/c1-7-8-9-10-17(2)22(32-14-13-18(3)33-16-23(4,5)6)20-12-11-19(24(26,27)28)15-21(20)25(29,30)31/h8-13,15,33H,7,14,16H2,1-6H3/b9-8-,17-10+,18-13+,32-22?. The van der Waals surface area contributed by atoms with Crippen molar-refractivity contribution in [1.82, 2.24) is 5.32 Å². The fraction of sp³-hybridized carbons (Fsp3) is 0.480. The van der Waals surface area contributed by atoms with Crippen LogP contribution >= 0.6 is 0 Å². The summed E-state index contributed by atoms with van der Waals surface area (Å²) in [6.07, 6.45) is -2.29. The summed E-state index contributed by atoms with van der Waals surface area (Å²) < 4.78 is 80.4. The second kappa shape index (κ2) is 11.6. The van der Waals surface area contributed by atoms with Gasteiger partial charge in [0.05, 0.1) is 23.4 Å². The molecule has 0 atom stereocenters. The zero-order valence-corrected chi connectivity index (χ0v) is 19.9. The maximum absolute atomic E-state index is 13.7. The van der Waals surface area contributed by atoms with Crippen LogP contribution in [0.5, 0.6) is 0 Å². The third kappa shape index (κ3) is 9.88. The second-order valence-electron chi connectivity index (χ2n) is 8.93. The number of rotatable bonds is 8. The Kier molecular flexibility index (Phi) is 10.00. The fourth-order valence-electron chi connectivity index (χ4n) is 2.76. The lowest BCUT2D eigenvalue weighted by molar-refractivity contribution is -0.143. The van der Waals surface area contributed by atoms with Gasteiger partial charge in [-0.3, -0.25) is 4.99 Å². The average molecular weight is 475 g/mol. The van der Waals surface area contributed by atoms with Crippen LogP contribution in [0.1, 0.15) is 64.7 Å². The van der Waals surface area contributed by atoms with E-state index in [-0.39, 0.29) is 29.3 Å². The van der Waals surface area contributed by atoms with E-state index < -0.39 is 23.5 Å². The van der Waals surface area contributed by atoms with E-state index in [0.29, 0.717) is 18.2 Å². The Labute approximate surface area is 192 Å². The van der Waals surface area contributed by atoms with Crippen LogP contribution in [0.3, 0.4) is 0 Å². The number of aliphatic imine (C=N–C) groups is 1. The number of benzene rings is 1. The predicted molar refractivity (Wildman–Crippen MR) is 122 cm³/mol. The molecule has 0 aromatic heterocycles. The summed E-state index contributed by atoms with van der Waals surface area (Å²) in [5.74, 6) is 0. The summed E-state index contributed by atoms with van der Waals surface area (Å²) in [5, 5.41) is 3.23. The van der Waals surface area contributed by atoms with Gasteiger partial charge in [-0.15, -0.1) is 0 Å². The molecule has 0 radical (unpaired) electrons. The molecule has 184 valence electrons. The van der Waals surface area contributed by atoms with Gasteiger partial charge in [-0.1, -0.05) is 52.0 Å². The molecule has 8 heteroatoms. The highest BCUT2D eigenvalue weighted by Crippen LogP contribution is 2.38. The lowest BCUT2D eigenvalue weighted by atomic mass is 9.95. The van der Waals surface area contributed by atoms with Crippen molar-refractivity contribution in [2.24, 2.45) is 10.4 Å². The SMILES string of the molecule is CC/C=C\C=C(/C)C(=NC/C=C(\C)NCC(C)(C)C)c1ccc(C(F)(F)F)cc1C(F)(F)F. The first-order valence-electron chi connectivity index (χ1n) is 10.6. The fourth-order valence-corrected chi connectivity index (χ4v) is 2.76. The number of hydrogen-bond acceptors (Lipinski definition) is 2. The molecule has 1 aromatic rings. The number of nitrogens with one attached hydrogen (secondary N) is 1. The third-order valence-corrected chi connectivity index (χ3v) is 4.54. The first kappa shape index (κ1) is 28.5. The van der Waals surface area contributed by atoms with Crippen LogP contribution in [-0.2, 0) is 12.4 Å². The van der Waals surface area contributed by atoms with Crippen molar-refractivity contribution < 1.29 is 26.3 Å². The molecule has 0 spiro atoms. The Hall–Kier alpha value is -2.51. The minimum Gasteiger partial charge on any atom is -0.388 e. The van der Waals surface area contributed by atoms with E-state index in [2.05, 4.69) is 31.1 Å². The molecule has 0 aliphatic carbocycles. The average Bonchev–Trinajstić information content (AvgIpc) is 2.67. The van der Waals surface area contributed by atoms with Crippen LogP contribution in [0.4, 0.5) is 26.3 Å². The molecule has 1 rings (SSSR count). The largest absolute Gasteiger partial charge is 0.417 e. The monoisotopic (exact) mass is 474 g/mol. The Morgan fingerprint density at radius 2 is 1.64 bits per heavy atom.